The monoisotopic (exact) mass is 146 g/mol. The number of methoxy groups -OCH3 is 1. The Bertz CT molecular complexity index is 92.9. The van der Waals surface area contributed by atoms with Crippen LogP contribution < -0.4 is 0 Å². The second kappa shape index (κ2) is 5.38. The van der Waals surface area contributed by atoms with E-state index in [0.29, 0.717) is 6.42 Å². The first-order valence-electron chi connectivity index (χ1n) is 3.38. The summed E-state index contributed by atoms with van der Waals surface area (Å²) in [6, 6.07) is 0. The van der Waals surface area contributed by atoms with Crippen molar-refractivity contribution >= 4 is 6.29 Å². The molecule has 0 spiro atoms. The predicted molar refractivity (Wildman–Crippen MR) is 37.7 cm³/mol. The van der Waals surface area contributed by atoms with Crippen LogP contribution in [-0.2, 0) is 14.3 Å². The summed E-state index contributed by atoms with van der Waals surface area (Å²) in [5.41, 5.74) is 0. The molecule has 0 aliphatic carbocycles. The van der Waals surface area contributed by atoms with Crippen LogP contribution in [0.1, 0.15) is 20.3 Å². The first kappa shape index (κ1) is 9.59. The van der Waals surface area contributed by atoms with E-state index in [1.807, 2.05) is 6.92 Å². The highest BCUT2D eigenvalue weighted by atomic mass is 16.7. The fourth-order valence-corrected chi connectivity index (χ4v) is 0.526. The van der Waals surface area contributed by atoms with Gasteiger partial charge in [-0.15, -0.1) is 0 Å². The molecule has 2 unspecified atom stereocenters. The molecule has 0 aromatic rings. The van der Waals surface area contributed by atoms with E-state index in [4.69, 9.17) is 9.47 Å². The van der Waals surface area contributed by atoms with E-state index in [1.165, 1.54) is 0 Å². The molecule has 0 amide bonds. The van der Waals surface area contributed by atoms with Gasteiger partial charge in [0.2, 0.25) is 0 Å². The Morgan fingerprint density at radius 2 is 2.20 bits per heavy atom. The molecule has 0 heterocycles. The van der Waals surface area contributed by atoms with Crippen molar-refractivity contribution in [2.75, 3.05) is 7.11 Å². The molecule has 3 nitrogen and oxygen atoms in total. The standard InChI is InChI=1S/C7H14O3/c1-4-7(5-8)10-6(2)9-3/h5-7H,4H2,1-3H3. The quantitative estimate of drug-likeness (QED) is 0.428. The fraction of sp³-hybridized carbons (Fsp3) is 0.857. The maximum atomic E-state index is 10.2. The fourth-order valence-electron chi connectivity index (χ4n) is 0.526. The Kier molecular flexibility index (Phi) is 5.16. The average Bonchev–Trinajstić information content (AvgIpc) is 1.99. The molecule has 3 heteroatoms. The van der Waals surface area contributed by atoms with Gasteiger partial charge in [0.25, 0.3) is 0 Å². The topological polar surface area (TPSA) is 35.5 Å². The molecule has 0 aromatic carbocycles. The maximum Gasteiger partial charge on any atom is 0.155 e. The van der Waals surface area contributed by atoms with Gasteiger partial charge in [0.05, 0.1) is 0 Å². The Hall–Kier alpha value is -0.410. The molecule has 0 aliphatic rings. The number of aldehydes is 1. The van der Waals surface area contributed by atoms with E-state index in [0.717, 1.165) is 6.29 Å². The van der Waals surface area contributed by atoms with Crippen molar-refractivity contribution in [2.24, 2.45) is 0 Å². The van der Waals surface area contributed by atoms with E-state index < -0.39 is 0 Å². The zero-order valence-electron chi connectivity index (χ0n) is 6.66. The number of carbonyl (C=O) groups is 1. The van der Waals surface area contributed by atoms with Gasteiger partial charge in [-0.05, 0) is 13.3 Å². The number of carbonyl (C=O) groups excluding carboxylic acids is 1. The minimum absolute atomic E-state index is 0.296. The average molecular weight is 146 g/mol. The van der Waals surface area contributed by atoms with Gasteiger partial charge in [0.15, 0.2) is 6.29 Å². The molecular weight excluding hydrogens is 132 g/mol. The molecule has 0 saturated carbocycles. The van der Waals surface area contributed by atoms with E-state index in [1.54, 1.807) is 14.0 Å². The van der Waals surface area contributed by atoms with Gasteiger partial charge in [-0.3, -0.25) is 0 Å². The predicted octanol–water partition coefficient (Wildman–Crippen LogP) is 0.973. The lowest BCUT2D eigenvalue weighted by atomic mass is 10.3. The van der Waals surface area contributed by atoms with Crippen molar-refractivity contribution in [3.8, 4) is 0 Å². The summed E-state index contributed by atoms with van der Waals surface area (Å²) in [5, 5.41) is 0. The molecule has 0 saturated heterocycles. The van der Waals surface area contributed by atoms with Gasteiger partial charge < -0.3 is 14.3 Å². The molecule has 0 aliphatic heterocycles. The highest BCUT2D eigenvalue weighted by molar-refractivity contribution is 5.55. The van der Waals surface area contributed by atoms with Gasteiger partial charge in [-0.2, -0.15) is 0 Å². The summed E-state index contributed by atoms with van der Waals surface area (Å²) in [5.74, 6) is 0. The first-order chi connectivity index (χ1) is 4.74. The molecule has 0 bridgehead atoms. The number of ether oxygens (including phenoxy) is 2. The highest BCUT2D eigenvalue weighted by Crippen LogP contribution is 1.99. The van der Waals surface area contributed by atoms with Crippen molar-refractivity contribution in [3.63, 3.8) is 0 Å². The number of hydrogen-bond acceptors (Lipinski definition) is 3. The third kappa shape index (κ3) is 3.58. The normalized spacial score (nSPS) is 16.3. The largest absolute Gasteiger partial charge is 0.356 e. The third-order valence-corrected chi connectivity index (χ3v) is 1.25. The lowest BCUT2D eigenvalue weighted by Crippen LogP contribution is -2.21. The van der Waals surface area contributed by atoms with Crippen LogP contribution >= 0.6 is 0 Å². The van der Waals surface area contributed by atoms with Crippen molar-refractivity contribution in [3.05, 3.63) is 0 Å². The molecule has 0 N–H and O–H groups in total. The van der Waals surface area contributed by atoms with Crippen molar-refractivity contribution in [1.82, 2.24) is 0 Å². The van der Waals surface area contributed by atoms with E-state index in [2.05, 4.69) is 0 Å². The number of rotatable bonds is 5. The number of hydrogen-bond donors (Lipinski definition) is 0. The first-order valence-corrected chi connectivity index (χ1v) is 3.38. The lowest BCUT2D eigenvalue weighted by molar-refractivity contribution is -0.154. The van der Waals surface area contributed by atoms with E-state index in [-0.39, 0.29) is 12.4 Å². The van der Waals surface area contributed by atoms with Crippen molar-refractivity contribution in [2.45, 2.75) is 32.7 Å². The molecule has 10 heavy (non-hydrogen) atoms. The Labute approximate surface area is 61.3 Å². The minimum Gasteiger partial charge on any atom is -0.356 e. The second-order valence-corrected chi connectivity index (χ2v) is 2.02. The summed E-state index contributed by atoms with van der Waals surface area (Å²) in [7, 11) is 1.54. The molecule has 0 rings (SSSR count). The van der Waals surface area contributed by atoms with Gasteiger partial charge >= 0.3 is 0 Å². The zero-order chi connectivity index (χ0) is 7.98. The van der Waals surface area contributed by atoms with Crippen LogP contribution in [-0.4, -0.2) is 25.8 Å². The highest BCUT2D eigenvalue weighted by Gasteiger charge is 2.08. The van der Waals surface area contributed by atoms with Gasteiger partial charge in [-0.1, -0.05) is 6.92 Å². The van der Waals surface area contributed by atoms with Gasteiger partial charge in [-0.25, -0.2) is 0 Å². The minimum atomic E-state index is -0.324. The Morgan fingerprint density at radius 1 is 1.60 bits per heavy atom. The molecular formula is C7H14O3. The second-order valence-electron chi connectivity index (χ2n) is 2.02. The van der Waals surface area contributed by atoms with Crippen LogP contribution in [0.4, 0.5) is 0 Å². The van der Waals surface area contributed by atoms with Crippen LogP contribution in [0.2, 0.25) is 0 Å². The van der Waals surface area contributed by atoms with Gasteiger partial charge in [0.1, 0.15) is 12.4 Å². The van der Waals surface area contributed by atoms with E-state index >= 15 is 0 Å². The lowest BCUT2D eigenvalue weighted by Gasteiger charge is -2.14. The molecule has 0 aromatic heterocycles. The molecule has 0 radical (unpaired) electrons. The summed E-state index contributed by atoms with van der Waals surface area (Å²) < 4.78 is 9.91. The van der Waals surface area contributed by atoms with Crippen molar-refractivity contribution < 1.29 is 14.3 Å². The molecule has 2 atom stereocenters. The van der Waals surface area contributed by atoms with Crippen molar-refractivity contribution in [1.29, 1.82) is 0 Å². The van der Waals surface area contributed by atoms with Gasteiger partial charge in [0, 0.05) is 7.11 Å². The summed E-state index contributed by atoms with van der Waals surface area (Å²) in [6.45, 7) is 3.65. The van der Waals surface area contributed by atoms with Crippen LogP contribution in [0.5, 0.6) is 0 Å². The Morgan fingerprint density at radius 3 is 2.50 bits per heavy atom. The zero-order valence-corrected chi connectivity index (χ0v) is 6.66. The maximum absolute atomic E-state index is 10.2. The smallest absolute Gasteiger partial charge is 0.155 e. The Balaban J connectivity index is 3.51. The molecule has 60 valence electrons. The summed E-state index contributed by atoms with van der Waals surface area (Å²) in [4.78, 5) is 10.2. The van der Waals surface area contributed by atoms with Crippen LogP contribution in [0, 0.1) is 0 Å². The molecule has 0 fully saturated rings. The SMILES string of the molecule is CCC(C=O)OC(C)OC. The van der Waals surface area contributed by atoms with E-state index in [9.17, 15) is 4.79 Å². The van der Waals surface area contributed by atoms with Crippen LogP contribution in [0.25, 0.3) is 0 Å². The summed E-state index contributed by atoms with van der Waals surface area (Å²) in [6.07, 6.45) is 0.859. The third-order valence-electron chi connectivity index (χ3n) is 1.25. The summed E-state index contributed by atoms with van der Waals surface area (Å²) >= 11 is 0. The van der Waals surface area contributed by atoms with Crippen LogP contribution in [0.15, 0.2) is 0 Å². The van der Waals surface area contributed by atoms with Crippen LogP contribution in [0.3, 0.4) is 0 Å².